The lowest BCUT2D eigenvalue weighted by Crippen LogP contribution is -2.24. The van der Waals surface area contributed by atoms with Crippen LogP contribution in [-0.2, 0) is 4.74 Å². The van der Waals surface area contributed by atoms with Crippen molar-refractivity contribution in [1.29, 1.82) is 0 Å². The van der Waals surface area contributed by atoms with Crippen LogP contribution in [0.4, 0.5) is 5.69 Å². The molecule has 1 aliphatic rings. The largest absolute Gasteiger partial charge is 0.469 e. The summed E-state index contributed by atoms with van der Waals surface area (Å²) in [5, 5.41) is 0. The van der Waals surface area contributed by atoms with E-state index in [0.717, 1.165) is 11.3 Å². The molecule has 0 saturated carbocycles. The molecule has 3 heteroatoms. The highest BCUT2D eigenvalue weighted by molar-refractivity contribution is 5.96. The molecule has 1 aromatic rings. The number of benzene rings is 1. The number of hydrogen-bond donors (Lipinski definition) is 1. The second kappa shape index (κ2) is 3.01. The summed E-state index contributed by atoms with van der Waals surface area (Å²) in [7, 11) is 0. The summed E-state index contributed by atoms with van der Waals surface area (Å²) in [6.45, 7) is 4.75. The normalized spacial score (nSPS) is 18.9. The Morgan fingerprint density at radius 3 is 2.79 bits per heavy atom. The van der Waals surface area contributed by atoms with Crippen molar-refractivity contribution in [3.05, 3.63) is 29.8 Å². The molecule has 2 rings (SSSR count). The van der Waals surface area contributed by atoms with Gasteiger partial charge in [0.1, 0.15) is 5.60 Å². The van der Waals surface area contributed by atoms with Crippen LogP contribution < -0.4 is 5.73 Å². The van der Waals surface area contributed by atoms with Gasteiger partial charge in [0.25, 0.3) is 0 Å². The molecule has 0 spiro atoms. The molecule has 1 aliphatic heterocycles. The third kappa shape index (κ3) is 1.71. The summed E-state index contributed by atoms with van der Waals surface area (Å²) < 4.78 is 5.68. The maximum absolute atomic E-state index is 5.68. The molecule has 0 atom stereocenters. The molecule has 0 fully saturated rings. The molecular formula is C11H14N2O. The van der Waals surface area contributed by atoms with Gasteiger partial charge in [-0.25, -0.2) is 4.99 Å². The van der Waals surface area contributed by atoms with Gasteiger partial charge in [-0.15, -0.1) is 0 Å². The first-order valence-electron chi connectivity index (χ1n) is 4.66. The molecule has 1 heterocycles. The van der Waals surface area contributed by atoms with Crippen molar-refractivity contribution in [2.24, 2.45) is 4.99 Å². The molecule has 0 unspecified atom stereocenters. The quantitative estimate of drug-likeness (QED) is 0.687. The standard InChI is InChI=1S/C11H14N2O/c1-11(2)7-13-10(14-11)8-4-3-5-9(12)6-8/h3-6H,7,12H2,1-2H3. The van der Waals surface area contributed by atoms with Gasteiger partial charge in [-0.05, 0) is 32.0 Å². The molecular weight excluding hydrogens is 176 g/mol. The van der Waals surface area contributed by atoms with Gasteiger partial charge in [0, 0.05) is 11.3 Å². The first-order chi connectivity index (χ1) is 6.57. The number of ether oxygens (including phenoxy) is 1. The number of nitrogens with zero attached hydrogens (tertiary/aromatic N) is 1. The Kier molecular flexibility index (Phi) is 1.95. The van der Waals surface area contributed by atoms with E-state index in [2.05, 4.69) is 4.99 Å². The average molecular weight is 190 g/mol. The molecule has 0 aromatic heterocycles. The van der Waals surface area contributed by atoms with Gasteiger partial charge in [0.05, 0.1) is 6.54 Å². The zero-order chi connectivity index (χ0) is 10.2. The molecule has 74 valence electrons. The average Bonchev–Trinajstić information content (AvgIpc) is 2.46. The molecule has 1 aromatic carbocycles. The van der Waals surface area contributed by atoms with Gasteiger partial charge < -0.3 is 10.5 Å². The van der Waals surface area contributed by atoms with E-state index in [4.69, 9.17) is 10.5 Å². The highest BCUT2D eigenvalue weighted by atomic mass is 16.5. The van der Waals surface area contributed by atoms with Crippen molar-refractivity contribution in [1.82, 2.24) is 0 Å². The molecule has 0 amide bonds. The maximum atomic E-state index is 5.68. The zero-order valence-electron chi connectivity index (χ0n) is 8.45. The number of nitrogen functional groups attached to an aromatic ring is 1. The lowest BCUT2D eigenvalue weighted by atomic mass is 10.1. The molecule has 3 nitrogen and oxygen atoms in total. The lowest BCUT2D eigenvalue weighted by molar-refractivity contribution is 0.131. The Balaban J connectivity index is 2.26. The van der Waals surface area contributed by atoms with Crippen LogP contribution in [0.2, 0.25) is 0 Å². The van der Waals surface area contributed by atoms with E-state index < -0.39 is 0 Å². The van der Waals surface area contributed by atoms with Crippen LogP contribution in [0.25, 0.3) is 0 Å². The minimum atomic E-state index is -0.181. The summed E-state index contributed by atoms with van der Waals surface area (Å²) in [5.74, 6) is 0.697. The van der Waals surface area contributed by atoms with Gasteiger partial charge in [0.15, 0.2) is 0 Å². The van der Waals surface area contributed by atoms with Crippen molar-refractivity contribution < 1.29 is 4.74 Å². The van der Waals surface area contributed by atoms with Crippen molar-refractivity contribution in [2.45, 2.75) is 19.4 Å². The first-order valence-corrected chi connectivity index (χ1v) is 4.66. The molecule has 0 aliphatic carbocycles. The molecule has 14 heavy (non-hydrogen) atoms. The summed E-state index contributed by atoms with van der Waals surface area (Å²) in [4.78, 5) is 4.34. The fraction of sp³-hybridized carbons (Fsp3) is 0.364. The van der Waals surface area contributed by atoms with Crippen LogP contribution in [0, 0.1) is 0 Å². The van der Waals surface area contributed by atoms with Gasteiger partial charge in [-0.3, -0.25) is 0 Å². The molecule has 0 radical (unpaired) electrons. The predicted molar refractivity (Wildman–Crippen MR) is 57.4 cm³/mol. The van der Waals surface area contributed by atoms with E-state index in [1.165, 1.54) is 0 Å². The highest BCUT2D eigenvalue weighted by Gasteiger charge is 2.28. The Bertz CT molecular complexity index is 383. The van der Waals surface area contributed by atoms with E-state index in [0.29, 0.717) is 12.4 Å². The Labute approximate surface area is 83.6 Å². The fourth-order valence-corrected chi connectivity index (χ4v) is 1.41. The maximum Gasteiger partial charge on any atom is 0.216 e. The van der Waals surface area contributed by atoms with Gasteiger partial charge >= 0.3 is 0 Å². The van der Waals surface area contributed by atoms with Crippen LogP contribution in [0.15, 0.2) is 29.3 Å². The topological polar surface area (TPSA) is 47.6 Å². The Hall–Kier alpha value is -1.51. The minimum Gasteiger partial charge on any atom is -0.469 e. The Morgan fingerprint density at radius 2 is 2.21 bits per heavy atom. The second-order valence-electron chi connectivity index (χ2n) is 4.11. The number of hydrogen-bond acceptors (Lipinski definition) is 3. The molecule has 2 N–H and O–H groups in total. The second-order valence-corrected chi connectivity index (χ2v) is 4.11. The smallest absolute Gasteiger partial charge is 0.216 e. The lowest BCUT2D eigenvalue weighted by Gasteiger charge is -2.17. The van der Waals surface area contributed by atoms with Crippen molar-refractivity contribution in [2.75, 3.05) is 12.3 Å². The SMILES string of the molecule is CC1(C)CN=C(c2cccc(N)c2)O1. The minimum absolute atomic E-state index is 0.181. The van der Waals surface area contributed by atoms with Crippen molar-refractivity contribution in [3.63, 3.8) is 0 Å². The number of rotatable bonds is 1. The van der Waals surface area contributed by atoms with E-state index in [-0.39, 0.29) is 5.60 Å². The highest BCUT2D eigenvalue weighted by Crippen LogP contribution is 2.21. The van der Waals surface area contributed by atoms with Crippen LogP contribution in [0.1, 0.15) is 19.4 Å². The molecule has 0 bridgehead atoms. The van der Waals surface area contributed by atoms with E-state index in [1.807, 2.05) is 38.1 Å². The summed E-state index contributed by atoms with van der Waals surface area (Å²) >= 11 is 0. The monoisotopic (exact) mass is 190 g/mol. The van der Waals surface area contributed by atoms with Crippen LogP contribution >= 0.6 is 0 Å². The summed E-state index contributed by atoms with van der Waals surface area (Å²) in [6, 6.07) is 7.59. The van der Waals surface area contributed by atoms with Crippen LogP contribution in [-0.4, -0.2) is 18.0 Å². The van der Waals surface area contributed by atoms with Crippen molar-refractivity contribution in [3.8, 4) is 0 Å². The van der Waals surface area contributed by atoms with Gasteiger partial charge in [-0.1, -0.05) is 6.07 Å². The van der Waals surface area contributed by atoms with E-state index >= 15 is 0 Å². The van der Waals surface area contributed by atoms with Crippen LogP contribution in [0.3, 0.4) is 0 Å². The number of aliphatic imine (C=N–C) groups is 1. The number of anilines is 1. The first kappa shape index (κ1) is 9.06. The summed E-state index contributed by atoms with van der Waals surface area (Å²) in [6.07, 6.45) is 0. The van der Waals surface area contributed by atoms with Crippen LogP contribution in [0.5, 0.6) is 0 Å². The third-order valence-electron chi connectivity index (χ3n) is 2.11. The summed E-state index contributed by atoms with van der Waals surface area (Å²) in [5.41, 5.74) is 7.19. The van der Waals surface area contributed by atoms with E-state index in [9.17, 15) is 0 Å². The van der Waals surface area contributed by atoms with E-state index in [1.54, 1.807) is 0 Å². The van der Waals surface area contributed by atoms with Gasteiger partial charge in [0.2, 0.25) is 5.90 Å². The Morgan fingerprint density at radius 1 is 1.43 bits per heavy atom. The zero-order valence-corrected chi connectivity index (χ0v) is 8.45. The number of nitrogens with two attached hydrogens (primary N) is 1. The van der Waals surface area contributed by atoms with Gasteiger partial charge in [-0.2, -0.15) is 0 Å². The molecule has 0 saturated heterocycles. The predicted octanol–water partition coefficient (Wildman–Crippen LogP) is 1.82. The third-order valence-corrected chi connectivity index (χ3v) is 2.11. The fourth-order valence-electron chi connectivity index (χ4n) is 1.41. The van der Waals surface area contributed by atoms with Crippen molar-refractivity contribution >= 4 is 11.6 Å².